The Morgan fingerprint density at radius 3 is 2.28 bits per heavy atom. The quantitative estimate of drug-likeness (QED) is 0.619. The molecule has 0 aromatic heterocycles. The molecule has 0 heterocycles. The fraction of sp³-hybridized carbons (Fsp3) is 0.818. The Morgan fingerprint density at radius 1 is 1.33 bits per heavy atom. The number of aliphatic carboxylic acids is 1. The first-order chi connectivity index (χ1) is 8.38. The van der Waals surface area contributed by atoms with Crippen LogP contribution < -0.4 is 5.32 Å². The van der Waals surface area contributed by atoms with Gasteiger partial charge in [-0.1, -0.05) is 13.8 Å². The monoisotopic (exact) mass is 267 g/mol. The van der Waals surface area contributed by atoms with Crippen LogP contribution in [0, 0.1) is 0 Å². The number of alkyl halides is 2. The molecule has 18 heavy (non-hydrogen) atoms. The number of amides is 1. The van der Waals surface area contributed by atoms with Gasteiger partial charge < -0.3 is 15.2 Å². The summed E-state index contributed by atoms with van der Waals surface area (Å²) in [6.45, 7) is 2.44. The Balaban J connectivity index is 4.16. The number of nitrogens with one attached hydrogen (secondary N) is 1. The van der Waals surface area contributed by atoms with E-state index < -0.39 is 30.4 Å². The van der Waals surface area contributed by atoms with Crippen molar-refractivity contribution in [1.29, 1.82) is 0 Å². The van der Waals surface area contributed by atoms with E-state index >= 15 is 0 Å². The molecule has 0 aromatic rings. The van der Waals surface area contributed by atoms with Gasteiger partial charge in [0.1, 0.15) is 12.1 Å². The number of rotatable bonds is 9. The molecule has 0 unspecified atom stereocenters. The van der Waals surface area contributed by atoms with Crippen LogP contribution in [0.4, 0.5) is 8.78 Å². The van der Waals surface area contributed by atoms with Gasteiger partial charge in [0.2, 0.25) is 5.91 Å². The first-order valence-corrected chi connectivity index (χ1v) is 5.78. The van der Waals surface area contributed by atoms with Crippen molar-refractivity contribution >= 4 is 11.9 Å². The van der Waals surface area contributed by atoms with Gasteiger partial charge >= 0.3 is 5.97 Å². The fourth-order valence-electron chi connectivity index (χ4n) is 1.45. The van der Waals surface area contributed by atoms with Crippen LogP contribution in [-0.2, 0) is 14.3 Å². The van der Waals surface area contributed by atoms with E-state index in [1.165, 1.54) is 0 Å². The molecule has 2 N–H and O–H groups in total. The number of carboxylic acid groups (broad SMARTS) is 1. The molecule has 0 fully saturated rings. The highest BCUT2D eigenvalue weighted by Gasteiger charge is 2.36. The summed E-state index contributed by atoms with van der Waals surface area (Å²) in [6, 6.07) is 0. The SMILES string of the molecule is CCC(CC)(NC(=O)CCOCC(F)F)C(=O)O. The average molecular weight is 267 g/mol. The molecule has 0 saturated carbocycles. The van der Waals surface area contributed by atoms with Gasteiger partial charge in [0.25, 0.3) is 6.43 Å². The van der Waals surface area contributed by atoms with Crippen molar-refractivity contribution in [2.24, 2.45) is 0 Å². The largest absolute Gasteiger partial charge is 0.480 e. The van der Waals surface area contributed by atoms with Crippen LogP contribution in [0.3, 0.4) is 0 Å². The highest BCUT2D eigenvalue weighted by Crippen LogP contribution is 2.15. The van der Waals surface area contributed by atoms with Crippen molar-refractivity contribution in [3.05, 3.63) is 0 Å². The molecule has 0 bridgehead atoms. The molecule has 0 atom stereocenters. The second kappa shape index (κ2) is 7.97. The van der Waals surface area contributed by atoms with Crippen LogP contribution in [0.2, 0.25) is 0 Å². The minimum atomic E-state index is -2.57. The fourth-order valence-corrected chi connectivity index (χ4v) is 1.45. The van der Waals surface area contributed by atoms with Gasteiger partial charge in [-0.15, -0.1) is 0 Å². The predicted molar refractivity (Wildman–Crippen MR) is 60.5 cm³/mol. The van der Waals surface area contributed by atoms with Gasteiger partial charge in [-0.2, -0.15) is 0 Å². The Morgan fingerprint density at radius 2 is 1.89 bits per heavy atom. The van der Waals surface area contributed by atoms with Gasteiger partial charge in [0, 0.05) is 6.42 Å². The number of carbonyl (C=O) groups excluding carboxylic acids is 1. The lowest BCUT2D eigenvalue weighted by Gasteiger charge is -2.28. The average Bonchev–Trinajstić information content (AvgIpc) is 2.31. The number of carbonyl (C=O) groups is 2. The molecule has 0 spiro atoms. The van der Waals surface area contributed by atoms with Gasteiger partial charge in [-0.05, 0) is 12.8 Å². The second-order valence-corrected chi connectivity index (χ2v) is 3.86. The lowest BCUT2D eigenvalue weighted by molar-refractivity contribution is -0.148. The van der Waals surface area contributed by atoms with Crippen LogP contribution in [0.5, 0.6) is 0 Å². The number of halogens is 2. The number of hydrogen-bond acceptors (Lipinski definition) is 3. The maximum Gasteiger partial charge on any atom is 0.329 e. The predicted octanol–water partition coefficient (Wildman–Crippen LogP) is 1.42. The Hall–Kier alpha value is -1.24. The summed E-state index contributed by atoms with van der Waals surface area (Å²) in [7, 11) is 0. The molecule has 0 rings (SSSR count). The van der Waals surface area contributed by atoms with Crippen LogP contribution >= 0.6 is 0 Å². The molecular weight excluding hydrogens is 248 g/mol. The van der Waals surface area contributed by atoms with E-state index in [1.807, 2.05) is 0 Å². The first-order valence-electron chi connectivity index (χ1n) is 5.78. The molecule has 0 aliphatic heterocycles. The maximum absolute atomic E-state index is 11.7. The van der Waals surface area contributed by atoms with Crippen molar-refractivity contribution in [2.45, 2.75) is 45.1 Å². The van der Waals surface area contributed by atoms with Gasteiger partial charge in [-0.3, -0.25) is 4.79 Å². The van der Waals surface area contributed by atoms with E-state index in [0.717, 1.165) is 0 Å². The van der Waals surface area contributed by atoms with Gasteiger partial charge in [-0.25, -0.2) is 13.6 Å². The highest BCUT2D eigenvalue weighted by molar-refractivity contribution is 5.86. The highest BCUT2D eigenvalue weighted by atomic mass is 19.3. The standard InChI is InChI=1S/C11H19F2NO4/c1-3-11(4-2,10(16)17)14-9(15)5-6-18-7-8(12)13/h8H,3-7H2,1-2H3,(H,14,15)(H,16,17). The number of ether oxygens (including phenoxy) is 1. The third kappa shape index (κ3) is 5.39. The van der Waals surface area contributed by atoms with Crippen LogP contribution in [0.1, 0.15) is 33.1 Å². The molecule has 5 nitrogen and oxygen atoms in total. The number of carboxylic acids is 1. The van der Waals surface area contributed by atoms with E-state index in [2.05, 4.69) is 10.1 Å². The third-order valence-corrected chi connectivity index (χ3v) is 2.71. The van der Waals surface area contributed by atoms with Gasteiger partial charge in [0.05, 0.1) is 6.61 Å². The van der Waals surface area contributed by atoms with Crippen LogP contribution in [-0.4, -0.2) is 42.2 Å². The van der Waals surface area contributed by atoms with Crippen molar-refractivity contribution < 1.29 is 28.2 Å². The minimum absolute atomic E-state index is 0.137. The van der Waals surface area contributed by atoms with E-state index in [9.17, 15) is 18.4 Å². The van der Waals surface area contributed by atoms with Crippen molar-refractivity contribution in [3.8, 4) is 0 Å². The molecule has 0 aliphatic rings. The molecule has 7 heteroatoms. The Bertz CT molecular complexity index is 280. The van der Waals surface area contributed by atoms with Crippen molar-refractivity contribution in [3.63, 3.8) is 0 Å². The van der Waals surface area contributed by atoms with E-state index in [4.69, 9.17) is 5.11 Å². The maximum atomic E-state index is 11.7. The molecule has 0 aliphatic carbocycles. The molecule has 0 saturated heterocycles. The zero-order valence-corrected chi connectivity index (χ0v) is 10.5. The topological polar surface area (TPSA) is 75.6 Å². The summed E-state index contributed by atoms with van der Waals surface area (Å²) < 4.78 is 28.0. The summed E-state index contributed by atoms with van der Waals surface area (Å²) >= 11 is 0. The lowest BCUT2D eigenvalue weighted by Crippen LogP contribution is -2.53. The van der Waals surface area contributed by atoms with Crippen molar-refractivity contribution in [1.82, 2.24) is 5.32 Å². The zero-order valence-electron chi connectivity index (χ0n) is 10.5. The molecule has 1 amide bonds. The van der Waals surface area contributed by atoms with Gasteiger partial charge in [0.15, 0.2) is 0 Å². The summed E-state index contributed by atoms with van der Waals surface area (Å²) in [5, 5.41) is 11.5. The molecule has 106 valence electrons. The van der Waals surface area contributed by atoms with E-state index in [0.29, 0.717) is 0 Å². The Labute approximate surface area is 105 Å². The zero-order chi connectivity index (χ0) is 14.2. The van der Waals surface area contributed by atoms with Crippen molar-refractivity contribution in [2.75, 3.05) is 13.2 Å². The summed E-state index contributed by atoms with van der Waals surface area (Å²) in [4.78, 5) is 22.6. The molecule has 0 radical (unpaired) electrons. The smallest absolute Gasteiger partial charge is 0.329 e. The van der Waals surface area contributed by atoms with E-state index in [-0.39, 0.29) is 25.9 Å². The molecule has 0 aromatic carbocycles. The summed E-state index contributed by atoms with van der Waals surface area (Å²) in [6.07, 6.45) is -2.20. The van der Waals surface area contributed by atoms with Crippen LogP contribution in [0.25, 0.3) is 0 Å². The van der Waals surface area contributed by atoms with E-state index in [1.54, 1.807) is 13.8 Å². The Kier molecular flexibility index (Phi) is 7.42. The first kappa shape index (κ1) is 16.8. The summed E-state index contributed by atoms with van der Waals surface area (Å²) in [5.41, 5.74) is -1.29. The lowest BCUT2D eigenvalue weighted by atomic mass is 9.93. The normalized spacial score (nSPS) is 11.6. The summed E-state index contributed by atoms with van der Waals surface area (Å²) in [5.74, 6) is -1.62. The third-order valence-electron chi connectivity index (χ3n) is 2.71. The molecular formula is C11H19F2NO4. The number of hydrogen-bond donors (Lipinski definition) is 2. The second-order valence-electron chi connectivity index (χ2n) is 3.86. The van der Waals surface area contributed by atoms with Crippen LogP contribution in [0.15, 0.2) is 0 Å². The minimum Gasteiger partial charge on any atom is -0.480 e.